The van der Waals surface area contributed by atoms with Crippen LogP contribution in [0.5, 0.6) is 5.75 Å². The number of hydrogen-bond donors (Lipinski definition) is 1. The van der Waals surface area contributed by atoms with Crippen LogP contribution < -0.4 is 10.5 Å². The van der Waals surface area contributed by atoms with E-state index < -0.39 is 0 Å². The first-order chi connectivity index (χ1) is 12.9. The Morgan fingerprint density at radius 2 is 1.85 bits per heavy atom. The van der Waals surface area contributed by atoms with Crippen molar-refractivity contribution in [2.45, 2.75) is 65.7 Å². The summed E-state index contributed by atoms with van der Waals surface area (Å²) in [5.74, 6) is 2.59. The zero-order valence-corrected chi connectivity index (χ0v) is 17.3. The molecule has 2 unspecified atom stereocenters. The highest BCUT2D eigenvalue weighted by atomic mass is 16.5. The summed E-state index contributed by atoms with van der Waals surface area (Å²) in [6.07, 6.45) is 6.04. The van der Waals surface area contributed by atoms with Crippen molar-refractivity contribution in [3.05, 3.63) is 41.6 Å². The van der Waals surface area contributed by atoms with Gasteiger partial charge in [-0.3, -0.25) is 4.79 Å². The molecule has 5 nitrogen and oxygen atoms in total. The highest BCUT2D eigenvalue weighted by Gasteiger charge is 2.16. The molecule has 1 heterocycles. The van der Waals surface area contributed by atoms with Crippen molar-refractivity contribution < 1.29 is 14.1 Å². The summed E-state index contributed by atoms with van der Waals surface area (Å²) in [6, 6.07) is 8.92. The molecule has 5 heteroatoms. The van der Waals surface area contributed by atoms with E-state index in [9.17, 15) is 4.79 Å². The van der Waals surface area contributed by atoms with Gasteiger partial charge in [-0.2, -0.15) is 0 Å². The van der Waals surface area contributed by atoms with E-state index in [0.29, 0.717) is 17.4 Å². The standard InChI is InChI=1S/C13H24N2O.C9H10O2/c1-4-6-11(8-7-10(3)5-2)12-9-13(14)16-15-12;1-7(10)8-3-5-9(11-2)6-4-8/h9-11H,4-8,14H2,1-3H3;3-6H,1-2H3. The Hall–Kier alpha value is -2.30. The Labute approximate surface area is 163 Å². The Bertz CT molecular complexity index is 664. The number of nitrogens with zero attached hydrogens (tertiary/aromatic N) is 1. The van der Waals surface area contributed by atoms with Crippen molar-refractivity contribution in [2.24, 2.45) is 5.92 Å². The molecule has 27 heavy (non-hydrogen) atoms. The van der Waals surface area contributed by atoms with Crippen molar-refractivity contribution in [1.82, 2.24) is 5.16 Å². The lowest BCUT2D eigenvalue weighted by molar-refractivity contribution is 0.101. The van der Waals surface area contributed by atoms with Gasteiger partial charge in [0.15, 0.2) is 5.78 Å². The zero-order valence-electron chi connectivity index (χ0n) is 17.3. The number of carbonyl (C=O) groups excluding carboxylic acids is 1. The van der Waals surface area contributed by atoms with Crippen LogP contribution in [0.3, 0.4) is 0 Å². The van der Waals surface area contributed by atoms with E-state index in [-0.39, 0.29) is 5.78 Å². The maximum atomic E-state index is 10.8. The summed E-state index contributed by atoms with van der Waals surface area (Å²) < 4.78 is 9.89. The third-order valence-electron chi connectivity index (χ3n) is 4.80. The monoisotopic (exact) mass is 374 g/mol. The largest absolute Gasteiger partial charge is 0.497 e. The molecular weight excluding hydrogens is 340 g/mol. The van der Waals surface area contributed by atoms with Gasteiger partial charge in [-0.1, -0.05) is 45.2 Å². The Kier molecular flexibility index (Phi) is 10.2. The molecule has 0 aliphatic rings. The Morgan fingerprint density at radius 3 is 2.30 bits per heavy atom. The number of nitrogens with two attached hydrogens (primary N) is 1. The topological polar surface area (TPSA) is 78.3 Å². The average molecular weight is 375 g/mol. The van der Waals surface area contributed by atoms with Crippen LogP contribution in [0.1, 0.15) is 81.8 Å². The molecule has 2 rings (SSSR count). The van der Waals surface area contributed by atoms with E-state index in [2.05, 4.69) is 25.9 Å². The highest BCUT2D eigenvalue weighted by Crippen LogP contribution is 2.28. The number of aromatic nitrogens is 1. The number of Topliss-reactive ketones (excluding diaryl/α,β-unsaturated/α-hetero) is 1. The summed E-state index contributed by atoms with van der Waals surface area (Å²) in [6.45, 7) is 8.30. The zero-order chi connectivity index (χ0) is 20.2. The first-order valence-corrected chi connectivity index (χ1v) is 9.78. The number of rotatable bonds is 9. The van der Waals surface area contributed by atoms with Crippen molar-refractivity contribution in [2.75, 3.05) is 12.8 Å². The molecule has 0 saturated carbocycles. The number of ketones is 1. The molecule has 0 amide bonds. The van der Waals surface area contributed by atoms with Gasteiger partial charge in [0.05, 0.1) is 12.8 Å². The number of carbonyl (C=O) groups is 1. The number of ether oxygens (including phenoxy) is 1. The molecule has 150 valence electrons. The third kappa shape index (κ3) is 8.29. The lowest BCUT2D eigenvalue weighted by atomic mass is 9.90. The number of benzene rings is 1. The average Bonchev–Trinajstić information content (AvgIpc) is 3.11. The van der Waals surface area contributed by atoms with Crippen LogP contribution in [0, 0.1) is 5.92 Å². The summed E-state index contributed by atoms with van der Waals surface area (Å²) in [5.41, 5.74) is 7.31. The van der Waals surface area contributed by atoms with Crippen LogP contribution in [-0.2, 0) is 0 Å². The van der Waals surface area contributed by atoms with Gasteiger partial charge in [0.2, 0.25) is 5.88 Å². The second kappa shape index (κ2) is 12.2. The van der Waals surface area contributed by atoms with Crippen molar-refractivity contribution in [1.29, 1.82) is 0 Å². The molecule has 1 aromatic carbocycles. The Morgan fingerprint density at radius 1 is 1.19 bits per heavy atom. The van der Waals surface area contributed by atoms with E-state index in [1.807, 2.05) is 6.07 Å². The van der Waals surface area contributed by atoms with E-state index in [4.69, 9.17) is 15.0 Å². The van der Waals surface area contributed by atoms with Crippen molar-refractivity contribution >= 4 is 11.7 Å². The molecule has 0 bridgehead atoms. The number of anilines is 1. The van der Waals surface area contributed by atoms with Crippen molar-refractivity contribution in [3.8, 4) is 5.75 Å². The van der Waals surface area contributed by atoms with Gasteiger partial charge < -0.3 is 15.0 Å². The van der Waals surface area contributed by atoms with Gasteiger partial charge in [-0.05, 0) is 49.9 Å². The predicted octanol–water partition coefficient (Wildman–Crippen LogP) is 5.86. The van der Waals surface area contributed by atoms with Gasteiger partial charge in [0.1, 0.15) is 5.75 Å². The number of hydrogen-bond acceptors (Lipinski definition) is 5. The van der Waals surface area contributed by atoms with E-state index in [1.165, 1.54) is 32.1 Å². The predicted molar refractivity (Wildman–Crippen MR) is 110 cm³/mol. The highest BCUT2D eigenvalue weighted by molar-refractivity contribution is 5.94. The molecule has 0 spiro atoms. The lowest BCUT2D eigenvalue weighted by Crippen LogP contribution is -2.02. The first-order valence-electron chi connectivity index (χ1n) is 9.78. The molecule has 0 fully saturated rings. The molecule has 0 saturated heterocycles. The maximum Gasteiger partial charge on any atom is 0.222 e. The SMILES string of the molecule is CCCC(CCC(C)CC)c1cc(N)on1.COc1ccc(C(C)=O)cc1. The summed E-state index contributed by atoms with van der Waals surface area (Å²) in [7, 11) is 1.60. The minimum Gasteiger partial charge on any atom is -0.497 e. The van der Waals surface area contributed by atoms with Crippen LogP contribution in [-0.4, -0.2) is 18.0 Å². The molecule has 1 aromatic heterocycles. The van der Waals surface area contributed by atoms with Crippen LogP contribution in [0.25, 0.3) is 0 Å². The first kappa shape index (κ1) is 22.7. The molecule has 2 aromatic rings. The van der Waals surface area contributed by atoms with Gasteiger partial charge in [-0.25, -0.2) is 0 Å². The fourth-order valence-electron chi connectivity index (χ4n) is 2.80. The number of methoxy groups -OCH3 is 1. The second-order valence-electron chi connectivity index (χ2n) is 7.02. The molecule has 0 radical (unpaired) electrons. The quantitative estimate of drug-likeness (QED) is 0.556. The van der Waals surface area contributed by atoms with E-state index in [0.717, 1.165) is 17.4 Å². The van der Waals surface area contributed by atoms with Crippen LogP contribution in [0.4, 0.5) is 5.88 Å². The minimum absolute atomic E-state index is 0.0765. The maximum absolute atomic E-state index is 10.8. The smallest absolute Gasteiger partial charge is 0.222 e. The molecule has 2 atom stereocenters. The van der Waals surface area contributed by atoms with Gasteiger partial charge in [0.25, 0.3) is 0 Å². The summed E-state index contributed by atoms with van der Waals surface area (Å²) in [4.78, 5) is 10.8. The lowest BCUT2D eigenvalue weighted by Gasteiger charge is -2.15. The van der Waals surface area contributed by atoms with Crippen LogP contribution in [0.15, 0.2) is 34.9 Å². The van der Waals surface area contributed by atoms with Gasteiger partial charge >= 0.3 is 0 Å². The van der Waals surface area contributed by atoms with Crippen LogP contribution >= 0.6 is 0 Å². The Balaban J connectivity index is 0.000000289. The van der Waals surface area contributed by atoms with E-state index >= 15 is 0 Å². The number of nitrogen functional groups attached to an aromatic ring is 1. The fraction of sp³-hybridized carbons (Fsp3) is 0.545. The molecular formula is C22H34N2O3. The van der Waals surface area contributed by atoms with Crippen molar-refractivity contribution in [3.63, 3.8) is 0 Å². The van der Waals surface area contributed by atoms with Crippen LogP contribution in [0.2, 0.25) is 0 Å². The van der Waals surface area contributed by atoms with Gasteiger partial charge in [-0.15, -0.1) is 0 Å². The normalized spacial score (nSPS) is 12.6. The fourth-order valence-corrected chi connectivity index (χ4v) is 2.80. The minimum atomic E-state index is 0.0765. The van der Waals surface area contributed by atoms with E-state index in [1.54, 1.807) is 38.3 Å². The summed E-state index contributed by atoms with van der Waals surface area (Å²) in [5, 5.41) is 4.04. The van der Waals surface area contributed by atoms with Gasteiger partial charge in [0, 0.05) is 17.5 Å². The molecule has 0 aliphatic heterocycles. The summed E-state index contributed by atoms with van der Waals surface area (Å²) >= 11 is 0. The molecule has 2 N–H and O–H groups in total. The third-order valence-corrected chi connectivity index (χ3v) is 4.80. The second-order valence-corrected chi connectivity index (χ2v) is 7.02. The molecule has 0 aliphatic carbocycles.